The zero-order chi connectivity index (χ0) is 24.1. The third-order valence-corrected chi connectivity index (χ3v) is 6.38. The molecule has 0 spiro atoms. The Kier molecular flexibility index (Phi) is 7.00. The van der Waals surface area contributed by atoms with Gasteiger partial charge < -0.3 is 9.47 Å². The van der Waals surface area contributed by atoms with Crippen LogP contribution in [-0.2, 0) is 17.9 Å². The number of hydrogen-bond acceptors (Lipinski definition) is 6. The van der Waals surface area contributed by atoms with E-state index in [1.54, 1.807) is 36.4 Å². The van der Waals surface area contributed by atoms with Crippen molar-refractivity contribution >= 4 is 29.0 Å². The summed E-state index contributed by atoms with van der Waals surface area (Å²) in [5.41, 5.74) is 4.01. The van der Waals surface area contributed by atoms with Crippen molar-refractivity contribution in [2.24, 2.45) is 0 Å². The Balaban J connectivity index is 1.50. The normalized spacial score (nSPS) is 14.4. The number of rotatable bonds is 7. The maximum Gasteiger partial charge on any atom is 0.293 e. The van der Waals surface area contributed by atoms with Crippen molar-refractivity contribution in [1.82, 2.24) is 4.90 Å². The molecule has 0 aliphatic carbocycles. The quantitative estimate of drug-likeness (QED) is 0.413. The fourth-order valence-electron chi connectivity index (χ4n) is 3.55. The van der Waals surface area contributed by atoms with Crippen LogP contribution in [0.3, 0.4) is 0 Å². The molecule has 34 heavy (non-hydrogen) atoms. The van der Waals surface area contributed by atoms with Gasteiger partial charge in [-0.25, -0.2) is 0 Å². The SMILES string of the molecule is COc1cc(/C=C2\SC(=O)N(Cc3ccccc3C)C2=O)ccc1OCc1ccccc1C#N. The zero-order valence-electron chi connectivity index (χ0n) is 18.8. The number of benzene rings is 3. The van der Waals surface area contributed by atoms with Crippen LogP contribution < -0.4 is 9.47 Å². The highest BCUT2D eigenvalue weighted by Crippen LogP contribution is 2.35. The van der Waals surface area contributed by atoms with E-state index in [9.17, 15) is 14.9 Å². The second kappa shape index (κ2) is 10.3. The third-order valence-electron chi connectivity index (χ3n) is 5.47. The number of carbonyl (C=O) groups is 2. The molecule has 170 valence electrons. The van der Waals surface area contributed by atoms with Crippen molar-refractivity contribution in [3.8, 4) is 17.6 Å². The van der Waals surface area contributed by atoms with Gasteiger partial charge in [-0.3, -0.25) is 14.5 Å². The molecule has 1 saturated heterocycles. The minimum Gasteiger partial charge on any atom is -0.493 e. The van der Waals surface area contributed by atoms with Crippen molar-refractivity contribution in [3.63, 3.8) is 0 Å². The summed E-state index contributed by atoms with van der Waals surface area (Å²) in [6, 6.07) is 22.4. The van der Waals surface area contributed by atoms with Crippen molar-refractivity contribution in [1.29, 1.82) is 5.26 Å². The predicted molar refractivity (Wildman–Crippen MR) is 131 cm³/mol. The fraction of sp³-hybridized carbons (Fsp3) is 0.148. The average molecular weight is 471 g/mol. The van der Waals surface area contributed by atoms with Crippen LogP contribution in [0, 0.1) is 18.3 Å². The first-order valence-electron chi connectivity index (χ1n) is 10.6. The maximum atomic E-state index is 12.9. The van der Waals surface area contributed by atoms with Gasteiger partial charge in [-0.2, -0.15) is 5.26 Å². The largest absolute Gasteiger partial charge is 0.493 e. The number of aryl methyl sites for hydroxylation is 1. The Hall–Kier alpha value is -4.02. The van der Waals surface area contributed by atoms with Gasteiger partial charge in [0.25, 0.3) is 11.1 Å². The van der Waals surface area contributed by atoms with E-state index in [2.05, 4.69) is 6.07 Å². The van der Waals surface area contributed by atoms with Gasteiger partial charge in [0.05, 0.1) is 30.2 Å². The van der Waals surface area contributed by atoms with Crippen molar-refractivity contribution < 1.29 is 19.1 Å². The number of nitrogens with zero attached hydrogens (tertiary/aromatic N) is 2. The minimum absolute atomic E-state index is 0.219. The van der Waals surface area contributed by atoms with Crippen LogP contribution >= 0.6 is 11.8 Å². The molecule has 0 N–H and O–H groups in total. The molecule has 7 heteroatoms. The van der Waals surface area contributed by atoms with Crippen molar-refractivity contribution in [3.05, 3.63) is 99.5 Å². The predicted octanol–water partition coefficient (Wildman–Crippen LogP) is 5.69. The Bertz CT molecular complexity index is 1330. The lowest BCUT2D eigenvalue weighted by molar-refractivity contribution is -0.123. The molecule has 1 fully saturated rings. The Labute approximate surface area is 202 Å². The number of imide groups is 1. The first-order chi connectivity index (χ1) is 16.5. The van der Waals surface area contributed by atoms with E-state index < -0.39 is 0 Å². The standard InChI is InChI=1S/C27H22N2O4S/c1-18-7-3-4-9-21(18)16-29-26(30)25(34-27(29)31)14-19-11-12-23(24(13-19)32-2)33-17-22-10-6-5-8-20(22)15-28/h3-14H,16-17H2,1-2H3/b25-14-. The van der Waals surface area contributed by atoms with Crippen LogP contribution in [0.5, 0.6) is 11.5 Å². The van der Waals surface area contributed by atoms with E-state index in [0.29, 0.717) is 27.5 Å². The molecule has 6 nitrogen and oxygen atoms in total. The van der Waals surface area contributed by atoms with Crippen LogP contribution in [0.4, 0.5) is 4.79 Å². The van der Waals surface area contributed by atoms with Crippen LogP contribution in [-0.4, -0.2) is 23.2 Å². The second-order valence-corrected chi connectivity index (χ2v) is 8.66. The van der Waals surface area contributed by atoms with E-state index in [4.69, 9.17) is 9.47 Å². The topological polar surface area (TPSA) is 79.6 Å². The van der Waals surface area contributed by atoms with Crippen molar-refractivity contribution in [2.45, 2.75) is 20.1 Å². The number of carbonyl (C=O) groups excluding carboxylic acids is 2. The van der Waals surface area contributed by atoms with E-state index in [-0.39, 0.29) is 24.3 Å². The Morgan fingerprint density at radius 3 is 2.47 bits per heavy atom. The summed E-state index contributed by atoms with van der Waals surface area (Å²) in [7, 11) is 1.53. The summed E-state index contributed by atoms with van der Waals surface area (Å²) >= 11 is 0.927. The molecule has 0 aromatic heterocycles. The van der Waals surface area contributed by atoms with Crippen LogP contribution in [0.25, 0.3) is 6.08 Å². The number of hydrogen-bond donors (Lipinski definition) is 0. The van der Waals surface area contributed by atoms with Gasteiger partial charge in [0.1, 0.15) is 6.61 Å². The van der Waals surface area contributed by atoms with Gasteiger partial charge in [-0.15, -0.1) is 0 Å². The molecular weight excluding hydrogens is 448 g/mol. The number of nitriles is 1. The van der Waals surface area contributed by atoms with Gasteiger partial charge >= 0.3 is 0 Å². The highest BCUT2D eigenvalue weighted by Gasteiger charge is 2.35. The van der Waals surface area contributed by atoms with Crippen LogP contribution in [0.2, 0.25) is 0 Å². The lowest BCUT2D eigenvalue weighted by atomic mass is 10.1. The number of ether oxygens (including phenoxy) is 2. The molecule has 1 aliphatic heterocycles. The lowest BCUT2D eigenvalue weighted by Crippen LogP contribution is -2.27. The molecule has 1 heterocycles. The number of methoxy groups -OCH3 is 1. The number of thioether (sulfide) groups is 1. The Morgan fingerprint density at radius 2 is 1.74 bits per heavy atom. The highest BCUT2D eigenvalue weighted by molar-refractivity contribution is 8.18. The second-order valence-electron chi connectivity index (χ2n) is 7.66. The summed E-state index contributed by atoms with van der Waals surface area (Å²) in [6.45, 7) is 2.42. The summed E-state index contributed by atoms with van der Waals surface area (Å²) in [6.07, 6.45) is 1.68. The molecule has 0 bridgehead atoms. The summed E-state index contributed by atoms with van der Waals surface area (Å²) in [4.78, 5) is 27.0. The lowest BCUT2D eigenvalue weighted by Gasteiger charge is -2.14. The number of amides is 2. The molecule has 4 rings (SSSR count). The smallest absolute Gasteiger partial charge is 0.293 e. The Morgan fingerprint density at radius 1 is 1.00 bits per heavy atom. The molecule has 0 radical (unpaired) electrons. The fourth-order valence-corrected chi connectivity index (χ4v) is 4.39. The van der Waals surface area contributed by atoms with Crippen molar-refractivity contribution in [2.75, 3.05) is 7.11 Å². The minimum atomic E-state index is -0.314. The molecule has 3 aromatic rings. The first kappa shape index (κ1) is 23.1. The van der Waals surface area contributed by atoms with Gasteiger partial charge in [0.2, 0.25) is 0 Å². The first-order valence-corrected chi connectivity index (χ1v) is 11.4. The molecule has 3 aromatic carbocycles. The molecule has 2 amide bonds. The molecule has 0 saturated carbocycles. The van der Waals surface area contributed by atoms with E-state index in [0.717, 1.165) is 28.5 Å². The van der Waals surface area contributed by atoms with E-state index in [1.165, 1.54) is 12.0 Å². The molecule has 1 aliphatic rings. The molecular formula is C27H22N2O4S. The van der Waals surface area contributed by atoms with Gasteiger partial charge in [0, 0.05) is 5.56 Å². The van der Waals surface area contributed by atoms with E-state index in [1.807, 2.05) is 43.3 Å². The average Bonchev–Trinajstić information content (AvgIpc) is 3.11. The summed E-state index contributed by atoms with van der Waals surface area (Å²) < 4.78 is 11.4. The highest BCUT2D eigenvalue weighted by atomic mass is 32.2. The zero-order valence-corrected chi connectivity index (χ0v) is 19.6. The summed E-state index contributed by atoms with van der Waals surface area (Å²) in [5, 5.41) is 8.96. The third kappa shape index (κ3) is 4.98. The summed E-state index contributed by atoms with van der Waals surface area (Å²) in [5.74, 6) is 0.688. The molecule has 0 atom stereocenters. The monoisotopic (exact) mass is 470 g/mol. The maximum absolute atomic E-state index is 12.9. The van der Waals surface area contributed by atoms with Gasteiger partial charge in [-0.05, 0) is 59.7 Å². The van der Waals surface area contributed by atoms with Crippen LogP contribution in [0.1, 0.15) is 27.8 Å². The van der Waals surface area contributed by atoms with E-state index >= 15 is 0 Å². The van der Waals surface area contributed by atoms with Gasteiger partial charge in [-0.1, -0.05) is 48.5 Å². The van der Waals surface area contributed by atoms with Gasteiger partial charge in [0.15, 0.2) is 11.5 Å². The molecule has 0 unspecified atom stereocenters. The van der Waals surface area contributed by atoms with Crippen LogP contribution in [0.15, 0.2) is 71.6 Å².